The molecule has 1 saturated heterocycles. The number of hydrogen-bond acceptors (Lipinski definition) is 4. The summed E-state index contributed by atoms with van der Waals surface area (Å²) in [7, 11) is 0. The third-order valence-electron chi connectivity index (χ3n) is 2.16. The van der Waals surface area contributed by atoms with Crippen LogP contribution in [-0.4, -0.2) is 35.4 Å². The quantitative estimate of drug-likeness (QED) is 0.802. The molecule has 1 aromatic rings. The van der Waals surface area contributed by atoms with Crippen molar-refractivity contribution in [1.29, 1.82) is 0 Å². The van der Waals surface area contributed by atoms with E-state index in [2.05, 4.69) is 4.98 Å². The molecule has 0 saturated carbocycles. The zero-order valence-corrected chi connectivity index (χ0v) is 8.05. The first-order valence-corrected chi connectivity index (χ1v) is 4.69. The van der Waals surface area contributed by atoms with Crippen LogP contribution in [0.4, 0.5) is 0 Å². The molecule has 80 valence electrons. The van der Waals surface area contributed by atoms with Crippen LogP contribution in [0.3, 0.4) is 0 Å². The van der Waals surface area contributed by atoms with Gasteiger partial charge in [-0.25, -0.2) is 9.78 Å². The highest BCUT2D eigenvalue weighted by Gasteiger charge is 2.18. The average Bonchev–Trinajstić information content (AvgIpc) is 2.71. The van der Waals surface area contributed by atoms with E-state index in [1.54, 1.807) is 0 Å². The predicted octanol–water partition coefficient (Wildman–Crippen LogP) is 0.948. The molecule has 0 amide bonds. The van der Waals surface area contributed by atoms with Crippen LogP contribution in [0.2, 0.25) is 0 Å². The number of hydrogen-bond donors (Lipinski definition) is 1. The molecule has 1 N–H and O–H groups in total. The van der Waals surface area contributed by atoms with E-state index in [4.69, 9.17) is 14.6 Å². The molecule has 1 aliphatic heterocycles. The second kappa shape index (κ2) is 4.27. The molecule has 2 rings (SSSR count). The van der Waals surface area contributed by atoms with Crippen molar-refractivity contribution < 1.29 is 19.4 Å². The van der Waals surface area contributed by atoms with Gasteiger partial charge in [0.15, 0.2) is 0 Å². The molecule has 0 aliphatic carbocycles. The minimum absolute atomic E-state index is 0.0125. The normalized spacial score (nSPS) is 20.1. The van der Waals surface area contributed by atoms with E-state index < -0.39 is 5.97 Å². The van der Waals surface area contributed by atoms with Gasteiger partial charge in [-0.05, 0) is 6.07 Å². The Kier molecular flexibility index (Phi) is 2.82. The molecule has 15 heavy (non-hydrogen) atoms. The average molecular weight is 209 g/mol. The minimum atomic E-state index is -0.982. The topological polar surface area (TPSA) is 68.7 Å². The third kappa shape index (κ3) is 2.44. The van der Waals surface area contributed by atoms with Crippen LogP contribution in [0.5, 0.6) is 5.88 Å². The molecule has 1 atom stereocenters. The number of ether oxygens (including phenoxy) is 2. The lowest BCUT2D eigenvalue weighted by Crippen LogP contribution is -2.16. The molecule has 0 spiro atoms. The van der Waals surface area contributed by atoms with E-state index in [9.17, 15) is 4.79 Å². The molecule has 5 nitrogen and oxygen atoms in total. The summed E-state index contributed by atoms with van der Waals surface area (Å²) in [5.41, 5.74) is 0.180. The van der Waals surface area contributed by atoms with Crippen molar-refractivity contribution in [3.05, 3.63) is 23.9 Å². The monoisotopic (exact) mass is 209 g/mol. The molecule has 0 aromatic carbocycles. The van der Waals surface area contributed by atoms with Crippen LogP contribution in [0.25, 0.3) is 0 Å². The molecule has 2 heterocycles. The number of rotatable bonds is 3. The summed E-state index contributed by atoms with van der Waals surface area (Å²) in [5, 5.41) is 8.76. The Labute approximate surface area is 86.7 Å². The molecule has 1 fully saturated rings. The largest absolute Gasteiger partial charge is 0.478 e. The second-order valence-electron chi connectivity index (χ2n) is 3.29. The van der Waals surface area contributed by atoms with Crippen LogP contribution in [0.15, 0.2) is 18.3 Å². The SMILES string of the molecule is O=C(O)c1ccnc(O[C@H]2CCOC2)c1. The minimum Gasteiger partial charge on any atom is -0.478 e. The third-order valence-corrected chi connectivity index (χ3v) is 2.16. The van der Waals surface area contributed by atoms with Gasteiger partial charge in [0.2, 0.25) is 5.88 Å². The van der Waals surface area contributed by atoms with Crippen molar-refractivity contribution in [2.45, 2.75) is 12.5 Å². The van der Waals surface area contributed by atoms with Gasteiger partial charge in [-0.15, -0.1) is 0 Å². The summed E-state index contributed by atoms with van der Waals surface area (Å²) < 4.78 is 10.6. The molecule has 0 radical (unpaired) electrons. The van der Waals surface area contributed by atoms with E-state index in [1.807, 2.05) is 0 Å². The first-order chi connectivity index (χ1) is 7.25. The number of carboxylic acid groups (broad SMARTS) is 1. The van der Waals surface area contributed by atoms with Crippen molar-refractivity contribution in [2.75, 3.05) is 13.2 Å². The Morgan fingerprint density at radius 3 is 3.20 bits per heavy atom. The molecule has 0 unspecified atom stereocenters. The molecule has 0 bridgehead atoms. The maximum absolute atomic E-state index is 10.7. The number of aromatic carboxylic acids is 1. The Morgan fingerprint density at radius 1 is 1.67 bits per heavy atom. The highest BCUT2D eigenvalue weighted by Crippen LogP contribution is 2.15. The van der Waals surface area contributed by atoms with E-state index >= 15 is 0 Å². The van der Waals surface area contributed by atoms with Crippen molar-refractivity contribution >= 4 is 5.97 Å². The van der Waals surface area contributed by atoms with E-state index in [0.717, 1.165) is 6.42 Å². The van der Waals surface area contributed by atoms with Gasteiger partial charge >= 0.3 is 5.97 Å². The molecule has 1 aliphatic rings. The van der Waals surface area contributed by atoms with Crippen LogP contribution >= 0.6 is 0 Å². The Morgan fingerprint density at radius 2 is 2.53 bits per heavy atom. The van der Waals surface area contributed by atoms with Crippen molar-refractivity contribution in [2.24, 2.45) is 0 Å². The first-order valence-electron chi connectivity index (χ1n) is 4.69. The van der Waals surface area contributed by atoms with Gasteiger partial charge in [-0.2, -0.15) is 0 Å². The number of carbonyl (C=O) groups is 1. The highest BCUT2D eigenvalue weighted by atomic mass is 16.5. The van der Waals surface area contributed by atoms with Crippen molar-refractivity contribution in [3.63, 3.8) is 0 Å². The maximum atomic E-state index is 10.7. The summed E-state index contributed by atoms with van der Waals surface area (Å²) in [6.45, 7) is 1.22. The lowest BCUT2D eigenvalue weighted by molar-refractivity contribution is 0.0695. The van der Waals surface area contributed by atoms with E-state index in [1.165, 1.54) is 18.3 Å². The Bertz CT molecular complexity index is 360. The van der Waals surface area contributed by atoms with Gasteiger partial charge < -0.3 is 14.6 Å². The standard InChI is InChI=1S/C10H11NO4/c12-10(13)7-1-3-11-9(5-7)15-8-2-4-14-6-8/h1,3,5,8H,2,4,6H2,(H,12,13)/t8-/m0/s1. The summed E-state index contributed by atoms with van der Waals surface area (Å²) in [5.74, 6) is -0.643. The fourth-order valence-corrected chi connectivity index (χ4v) is 1.38. The smallest absolute Gasteiger partial charge is 0.335 e. The number of nitrogens with zero attached hydrogens (tertiary/aromatic N) is 1. The zero-order chi connectivity index (χ0) is 10.7. The van der Waals surface area contributed by atoms with Gasteiger partial charge in [0.1, 0.15) is 6.10 Å². The number of carboxylic acids is 1. The number of aromatic nitrogens is 1. The van der Waals surface area contributed by atoms with E-state index in [0.29, 0.717) is 19.1 Å². The summed E-state index contributed by atoms with van der Waals surface area (Å²) in [6.07, 6.45) is 2.23. The predicted molar refractivity (Wildman–Crippen MR) is 51.0 cm³/mol. The van der Waals surface area contributed by atoms with Gasteiger partial charge in [0.25, 0.3) is 0 Å². The summed E-state index contributed by atoms with van der Waals surface area (Å²) in [6, 6.07) is 2.85. The zero-order valence-electron chi connectivity index (χ0n) is 8.05. The molecule has 1 aromatic heterocycles. The number of pyridine rings is 1. The summed E-state index contributed by atoms with van der Waals surface area (Å²) in [4.78, 5) is 14.6. The fourth-order valence-electron chi connectivity index (χ4n) is 1.38. The van der Waals surface area contributed by atoms with Gasteiger partial charge in [0, 0.05) is 18.7 Å². The van der Waals surface area contributed by atoms with E-state index in [-0.39, 0.29) is 11.7 Å². The van der Waals surface area contributed by atoms with Crippen molar-refractivity contribution in [3.8, 4) is 5.88 Å². The fraction of sp³-hybridized carbons (Fsp3) is 0.400. The van der Waals surface area contributed by atoms with Crippen molar-refractivity contribution in [1.82, 2.24) is 4.98 Å². The molecule has 5 heteroatoms. The van der Waals surface area contributed by atoms with Crippen LogP contribution in [0.1, 0.15) is 16.8 Å². The lowest BCUT2D eigenvalue weighted by atomic mass is 10.2. The Hall–Kier alpha value is -1.62. The Balaban J connectivity index is 2.07. The summed E-state index contributed by atoms with van der Waals surface area (Å²) >= 11 is 0. The van der Waals surface area contributed by atoms with Gasteiger partial charge in [-0.1, -0.05) is 0 Å². The van der Waals surface area contributed by atoms with Gasteiger partial charge in [0.05, 0.1) is 18.8 Å². The van der Waals surface area contributed by atoms with Crippen LogP contribution in [-0.2, 0) is 4.74 Å². The lowest BCUT2D eigenvalue weighted by Gasteiger charge is -2.10. The molecular weight excluding hydrogens is 198 g/mol. The second-order valence-corrected chi connectivity index (χ2v) is 3.29. The first kappa shape index (κ1) is 9.92. The van der Waals surface area contributed by atoms with Crippen LogP contribution in [0, 0.1) is 0 Å². The maximum Gasteiger partial charge on any atom is 0.335 e. The molecular formula is C10H11NO4. The van der Waals surface area contributed by atoms with Crippen LogP contribution < -0.4 is 4.74 Å². The highest BCUT2D eigenvalue weighted by molar-refractivity contribution is 5.87. The van der Waals surface area contributed by atoms with Gasteiger partial charge in [-0.3, -0.25) is 0 Å².